The van der Waals surface area contributed by atoms with Crippen LogP contribution < -0.4 is 9.05 Å². The monoisotopic (exact) mass is 326 g/mol. The predicted octanol–water partition coefficient (Wildman–Crippen LogP) is 6.16. The maximum Gasteiger partial charge on any atom is 0.455 e. The third kappa shape index (κ3) is 4.73. The van der Waals surface area contributed by atoms with E-state index in [1.807, 2.05) is 24.3 Å². The zero-order valence-corrected chi connectivity index (χ0v) is 13.9. The van der Waals surface area contributed by atoms with Gasteiger partial charge in [-0.2, -0.15) is 0 Å². The molecular formula is C19H19O3P. The van der Waals surface area contributed by atoms with E-state index in [4.69, 9.17) is 9.05 Å². The fourth-order valence-electron chi connectivity index (χ4n) is 1.89. The van der Waals surface area contributed by atoms with Crippen molar-refractivity contribution in [2.24, 2.45) is 0 Å². The van der Waals surface area contributed by atoms with Gasteiger partial charge in [-0.3, -0.25) is 0 Å². The molecule has 0 spiro atoms. The molecule has 0 aliphatic rings. The quantitative estimate of drug-likeness (QED) is 0.572. The molecule has 0 aliphatic carbocycles. The number of rotatable bonds is 7. The van der Waals surface area contributed by atoms with E-state index in [1.54, 1.807) is 49.4 Å². The molecular weight excluding hydrogens is 307 g/mol. The predicted molar refractivity (Wildman–Crippen MR) is 96.7 cm³/mol. The van der Waals surface area contributed by atoms with Gasteiger partial charge in [0.15, 0.2) is 0 Å². The lowest BCUT2D eigenvalue weighted by Gasteiger charge is -2.17. The lowest BCUT2D eigenvalue weighted by molar-refractivity contribution is 0.398. The van der Waals surface area contributed by atoms with E-state index < -0.39 is 7.60 Å². The summed E-state index contributed by atoms with van der Waals surface area (Å²) < 4.78 is 24.1. The van der Waals surface area contributed by atoms with Crippen molar-refractivity contribution in [2.45, 2.75) is 6.92 Å². The van der Waals surface area contributed by atoms with Gasteiger partial charge in [-0.1, -0.05) is 55.7 Å². The minimum Gasteiger partial charge on any atom is -0.413 e. The zero-order chi connectivity index (χ0) is 16.7. The standard InChI is InChI=1S/C19H19O3P/c1-4-15-23(20,21-18-11-7-16(5-2)8-12-18)22-19-13-9-17(6-3)10-14-19/h4-15H,2-3H2,1H3. The fourth-order valence-corrected chi connectivity index (χ4v) is 3.24. The Kier molecular flexibility index (Phi) is 5.61. The number of hydrogen-bond donors (Lipinski definition) is 0. The molecule has 2 rings (SSSR count). The summed E-state index contributed by atoms with van der Waals surface area (Å²) in [5.41, 5.74) is 1.92. The van der Waals surface area contributed by atoms with E-state index >= 15 is 0 Å². The van der Waals surface area contributed by atoms with Gasteiger partial charge >= 0.3 is 7.60 Å². The molecule has 0 amide bonds. The lowest BCUT2D eigenvalue weighted by atomic mass is 10.2. The summed E-state index contributed by atoms with van der Waals surface area (Å²) in [6, 6.07) is 14.3. The number of benzene rings is 2. The summed E-state index contributed by atoms with van der Waals surface area (Å²) >= 11 is 0. The van der Waals surface area contributed by atoms with E-state index in [-0.39, 0.29) is 0 Å². The molecule has 0 unspecified atom stereocenters. The van der Waals surface area contributed by atoms with E-state index in [9.17, 15) is 4.57 Å². The van der Waals surface area contributed by atoms with Gasteiger partial charge < -0.3 is 9.05 Å². The van der Waals surface area contributed by atoms with Crippen LogP contribution >= 0.6 is 7.60 Å². The summed E-state index contributed by atoms with van der Waals surface area (Å²) in [4.78, 5) is 0. The maximum atomic E-state index is 12.9. The van der Waals surface area contributed by atoms with Gasteiger partial charge in [0.2, 0.25) is 0 Å². The van der Waals surface area contributed by atoms with E-state index in [2.05, 4.69) is 13.2 Å². The molecule has 0 saturated heterocycles. The SMILES string of the molecule is C=Cc1ccc(OP(=O)(C=CC)Oc2ccc(C=C)cc2)cc1. The van der Waals surface area contributed by atoms with E-state index in [0.29, 0.717) is 11.5 Å². The van der Waals surface area contributed by atoms with Gasteiger partial charge in [-0.05, 0) is 42.3 Å². The van der Waals surface area contributed by atoms with Crippen LogP contribution in [0.2, 0.25) is 0 Å². The number of allylic oxidation sites excluding steroid dienone is 1. The second kappa shape index (κ2) is 7.66. The Morgan fingerprint density at radius 2 is 1.22 bits per heavy atom. The Hall–Kier alpha value is -2.51. The highest BCUT2D eigenvalue weighted by molar-refractivity contribution is 7.58. The summed E-state index contributed by atoms with van der Waals surface area (Å²) in [6.07, 6.45) is 5.11. The summed E-state index contributed by atoms with van der Waals surface area (Å²) in [6.45, 7) is 9.16. The summed E-state index contributed by atoms with van der Waals surface area (Å²) in [5.74, 6) is 2.38. The van der Waals surface area contributed by atoms with Crippen molar-refractivity contribution in [2.75, 3.05) is 0 Å². The van der Waals surface area contributed by atoms with Gasteiger partial charge in [0.1, 0.15) is 11.5 Å². The molecule has 0 radical (unpaired) electrons. The Balaban J connectivity index is 2.21. The van der Waals surface area contributed by atoms with E-state index in [1.165, 1.54) is 5.82 Å². The molecule has 0 N–H and O–H groups in total. The van der Waals surface area contributed by atoms with Crippen molar-refractivity contribution in [3.05, 3.63) is 84.7 Å². The van der Waals surface area contributed by atoms with Crippen molar-refractivity contribution in [3.8, 4) is 11.5 Å². The van der Waals surface area contributed by atoms with Gasteiger partial charge in [0.25, 0.3) is 0 Å². The van der Waals surface area contributed by atoms with Crippen LogP contribution in [0.1, 0.15) is 18.1 Å². The normalized spacial score (nSPS) is 11.2. The third-order valence-corrected chi connectivity index (χ3v) is 4.62. The number of hydrogen-bond acceptors (Lipinski definition) is 3. The van der Waals surface area contributed by atoms with Crippen LogP contribution in [-0.2, 0) is 4.57 Å². The van der Waals surface area contributed by atoms with Crippen LogP contribution in [0.3, 0.4) is 0 Å². The minimum atomic E-state index is -3.44. The largest absolute Gasteiger partial charge is 0.455 e. The Bertz CT molecular complexity index is 686. The average Bonchev–Trinajstić information content (AvgIpc) is 2.56. The first kappa shape index (κ1) is 16.9. The van der Waals surface area contributed by atoms with E-state index in [0.717, 1.165) is 11.1 Å². The topological polar surface area (TPSA) is 35.5 Å². The molecule has 118 valence electrons. The van der Waals surface area contributed by atoms with Gasteiger partial charge in [-0.15, -0.1) is 0 Å². The third-order valence-electron chi connectivity index (χ3n) is 3.03. The average molecular weight is 326 g/mol. The Labute approximate surface area is 137 Å². The highest BCUT2D eigenvalue weighted by atomic mass is 31.2. The molecule has 0 saturated carbocycles. The van der Waals surface area contributed by atoms with Gasteiger partial charge in [0, 0.05) is 5.82 Å². The molecule has 23 heavy (non-hydrogen) atoms. The molecule has 4 heteroatoms. The van der Waals surface area contributed by atoms with Crippen LogP contribution in [0.15, 0.2) is 73.6 Å². The first-order valence-electron chi connectivity index (χ1n) is 7.16. The van der Waals surface area contributed by atoms with Crippen LogP contribution in [0.4, 0.5) is 0 Å². The smallest absolute Gasteiger partial charge is 0.413 e. The molecule has 0 bridgehead atoms. The Morgan fingerprint density at radius 3 is 1.52 bits per heavy atom. The molecule has 3 nitrogen and oxygen atoms in total. The van der Waals surface area contributed by atoms with Gasteiger partial charge in [-0.25, -0.2) is 4.57 Å². The van der Waals surface area contributed by atoms with Gasteiger partial charge in [0.05, 0.1) is 0 Å². The lowest BCUT2D eigenvalue weighted by Crippen LogP contribution is -1.98. The molecule has 0 fully saturated rings. The first-order valence-corrected chi connectivity index (χ1v) is 8.77. The van der Waals surface area contributed by atoms with Crippen LogP contribution in [-0.4, -0.2) is 0 Å². The molecule has 0 heterocycles. The van der Waals surface area contributed by atoms with Crippen LogP contribution in [0.5, 0.6) is 11.5 Å². The minimum absolute atomic E-state index is 0.472. The van der Waals surface area contributed by atoms with Crippen molar-refractivity contribution in [1.29, 1.82) is 0 Å². The first-order chi connectivity index (χ1) is 11.1. The summed E-state index contributed by atoms with van der Waals surface area (Å²) in [5, 5.41) is 0. The maximum absolute atomic E-state index is 12.9. The fraction of sp³-hybridized carbons (Fsp3) is 0.0526. The molecule has 2 aromatic rings. The van der Waals surface area contributed by atoms with Crippen molar-refractivity contribution in [1.82, 2.24) is 0 Å². The highest BCUT2D eigenvalue weighted by Crippen LogP contribution is 2.49. The molecule has 2 aromatic carbocycles. The second-order valence-corrected chi connectivity index (χ2v) is 6.49. The van der Waals surface area contributed by atoms with Crippen molar-refractivity contribution in [3.63, 3.8) is 0 Å². The molecule has 0 aromatic heterocycles. The molecule has 0 aliphatic heterocycles. The van der Waals surface area contributed by atoms with Crippen LogP contribution in [0.25, 0.3) is 12.2 Å². The van der Waals surface area contributed by atoms with Crippen LogP contribution in [0, 0.1) is 0 Å². The van der Waals surface area contributed by atoms with Crippen molar-refractivity contribution >= 4 is 19.7 Å². The zero-order valence-electron chi connectivity index (χ0n) is 13.0. The Morgan fingerprint density at radius 1 is 0.826 bits per heavy atom. The van der Waals surface area contributed by atoms with Crippen molar-refractivity contribution < 1.29 is 13.6 Å². The summed E-state index contributed by atoms with van der Waals surface area (Å²) in [7, 11) is -3.44. The second-order valence-electron chi connectivity index (χ2n) is 4.75. The molecule has 0 atom stereocenters. The highest BCUT2D eigenvalue weighted by Gasteiger charge is 2.24.